The Balaban J connectivity index is 1.25. The van der Waals surface area contributed by atoms with Gasteiger partial charge in [-0.25, -0.2) is 27.3 Å². The molecule has 0 unspecified atom stereocenters. The summed E-state index contributed by atoms with van der Waals surface area (Å²) in [5.74, 6) is 0.537. The minimum atomic E-state index is -3.87. The second kappa shape index (κ2) is 11.4. The van der Waals surface area contributed by atoms with Crippen molar-refractivity contribution in [3.63, 3.8) is 0 Å². The lowest BCUT2D eigenvalue weighted by Gasteiger charge is -2.30. The zero-order valence-electron chi connectivity index (χ0n) is 22.4. The molecule has 0 radical (unpaired) electrons. The molecule has 0 spiro atoms. The minimum absolute atomic E-state index is 0.0161. The molecule has 12 heteroatoms. The van der Waals surface area contributed by atoms with Gasteiger partial charge in [-0.2, -0.15) is 0 Å². The number of hydrogen-bond acceptors (Lipinski definition) is 8. The second-order valence-electron chi connectivity index (χ2n) is 10.2. The van der Waals surface area contributed by atoms with Gasteiger partial charge in [0.1, 0.15) is 5.82 Å². The lowest BCUT2D eigenvalue weighted by molar-refractivity contribution is 0.0926. The quantitative estimate of drug-likeness (QED) is 0.233. The summed E-state index contributed by atoms with van der Waals surface area (Å²) >= 11 is 6.59. The van der Waals surface area contributed by atoms with Gasteiger partial charge < -0.3 is 16.4 Å². The van der Waals surface area contributed by atoms with Gasteiger partial charge in [0.25, 0.3) is 15.9 Å². The number of benzene rings is 2. The molecular formula is C30H28ClN7O3S. The Bertz CT molecular complexity index is 1860. The normalized spacial score (nSPS) is 17.2. The van der Waals surface area contributed by atoms with Gasteiger partial charge in [-0.05, 0) is 56.0 Å². The summed E-state index contributed by atoms with van der Waals surface area (Å²) in [6, 6.07) is 18.8. The van der Waals surface area contributed by atoms with Gasteiger partial charge in [0.05, 0.1) is 32.9 Å². The van der Waals surface area contributed by atoms with Crippen LogP contribution in [0.2, 0.25) is 5.02 Å². The predicted octanol–water partition coefficient (Wildman–Crippen LogP) is 5.12. The number of pyridine rings is 1. The number of nitrogens with zero attached hydrogens (tertiary/aromatic N) is 4. The number of aromatic nitrogens is 4. The standard InChI is InChI=1S/C30H28ClN7O3S/c31-25-17-34-30(36-21-8-6-7-20(15-21)35-29(39)19-13-14-27(32)33-16-19)37-28(25)24-18-38(26-12-5-4-11-23(24)26)42(40,41)22-9-2-1-3-10-22/h1-5,9-14,16-18,20-21H,6-8,15H2,(H2,32,33)(H,35,39)(H,34,36,37)/t20-,21+/m0/s1. The van der Waals surface area contributed by atoms with Crippen LogP contribution in [0.5, 0.6) is 0 Å². The van der Waals surface area contributed by atoms with Crippen molar-refractivity contribution in [2.75, 3.05) is 11.1 Å². The lowest BCUT2D eigenvalue weighted by Crippen LogP contribution is -2.42. The number of fused-ring (bicyclic) bond motifs is 1. The average molecular weight is 602 g/mol. The summed E-state index contributed by atoms with van der Waals surface area (Å²) in [5.41, 5.74) is 7.60. The molecule has 10 nitrogen and oxygen atoms in total. The van der Waals surface area contributed by atoms with E-state index in [0.717, 1.165) is 19.3 Å². The van der Waals surface area contributed by atoms with E-state index in [1.807, 2.05) is 12.1 Å². The van der Waals surface area contributed by atoms with Crippen LogP contribution in [0.25, 0.3) is 22.2 Å². The maximum atomic E-state index is 13.6. The van der Waals surface area contributed by atoms with Crippen LogP contribution in [0, 0.1) is 0 Å². The first-order valence-corrected chi connectivity index (χ1v) is 15.3. The number of anilines is 2. The largest absolute Gasteiger partial charge is 0.384 e. The number of halogens is 1. The van der Waals surface area contributed by atoms with Crippen molar-refractivity contribution in [2.45, 2.75) is 42.7 Å². The first kappa shape index (κ1) is 27.7. The monoisotopic (exact) mass is 601 g/mol. The molecule has 4 N–H and O–H groups in total. The van der Waals surface area contributed by atoms with E-state index in [2.05, 4.69) is 20.6 Å². The first-order chi connectivity index (χ1) is 20.3. The highest BCUT2D eigenvalue weighted by molar-refractivity contribution is 7.90. The van der Waals surface area contributed by atoms with E-state index in [1.165, 1.54) is 16.4 Å². The first-order valence-electron chi connectivity index (χ1n) is 13.5. The molecule has 5 aromatic rings. The van der Waals surface area contributed by atoms with Gasteiger partial charge in [0, 0.05) is 35.4 Å². The molecule has 0 saturated heterocycles. The van der Waals surface area contributed by atoms with Gasteiger partial charge in [-0.3, -0.25) is 4.79 Å². The van der Waals surface area contributed by atoms with E-state index >= 15 is 0 Å². The SMILES string of the molecule is Nc1ccc(C(=O)N[C@H]2CCC[C@@H](Nc3ncc(Cl)c(-c4cn(S(=O)(=O)c5ccccc5)c5ccccc45)n3)C2)cn1. The summed E-state index contributed by atoms with van der Waals surface area (Å²) in [6.07, 6.45) is 7.87. The lowest BCUT2D eigenvalue weighted by atomic mass is 9.91. The Hall–Kier alpha value is -4.48. The van der Waals surface area contributed by atoms with E-state index in [0.29, 0.717) is 50.9 Å². The van der Waals surface area contributed by atoms with Crippen molar-refractivity contribution in [1.82, 2.24) is 24.2 Å². The van der Waals surface area contributed by atoms with E-state index in [-0.39, 0.29) is 22.9 Å². The highest BCUT2D eigenvalue weighted by atomic mass is 35.5. The fraction of sp³-hybridized carbons (Fsp3) is 0.200. The third-order valence-electron chi connectivity index (χ3n) is 7.37. The number of rotatable bonds is 7. The van der Waals surface area contributed by atoms with Crippen LogP contribution in [-0.4, -0.2) is 45.3 Å². The molecule has 6 rings (SSSR count). The molecular weight excluding hydrogens is 574 g/mol. The molecule has 3 aromatic heterocycles. The fourth-order valence-corrected chi connectivity index (χ4v) is 6.90. The van der Waals surface area contributed by atoms with Crippen molar-refractivity contribution in [3.05, 3.63) is 95.9 Å². The van der Waals surface area contributed by atoms with Crippen LogP contribution < -0.4 is 16.4 Å². The summed E-state index contributed by atoms with van der Waals surface area (Å²) in [4.78, 5) is 26.0. The maximum Gasteiger partial charge on any atom is 0.268 e. The van der Waals surface area contributed by atoms with Gasteiger partial charge in [0.15, 0.2) is 0 Å². The number of nitrogens with two attached hydrogens (primary N) is 1. The molecule has 42 heavy (non-hydrogen) atoms. The molecule has 3 heterocycles. The van der Waals surface area contributed by atoms with Crippen LogP contribution in [0.4, 0.5) is 11.8 Å². The van der Waals surface area contributed by atoms with Crippen LogP contribution in [0.15, 0.2) is 90.2 Å². The number of hydrogen-bond donors (Lipinski definition) is 3. The molecule has 2 atom stereocenters. The highest BCUT2D eigenvalue weighted by Gasteiger charge is 2.26. The van der Waals surface area contributed by atoms with Gasteiger partial charge in [-0.1, -0.05) is 48.0 Å². The van der Waals surface area contributed by atoms with E-state index < -0.39 is 10.0 Å². The molecule has 1 amide bonds. The van der Waals surface area contributed by atoms with Crippen LogP contribution in [0.3, 0.4) is 0 Å². The molecule has 0 bridgehead atoms. The Morgan fingerprint density at radius 1 is 0.952 bits per heavy atom. The van der Waals surface area contributed by atoms with Crippen LogP contribution >= 0.6 is 11.6 Å². The smallest absolute Gasteiger partial charge is 0.268 e. The Kier molecular flexibility index (Phi) is 7.53. The maximum absolute atomic E-state index is 13.6. The number of carbonyl (C=O) groups is 1. The van der Waals surface area contributed by atoms with Gasteiger partial charge in [-0.15, -0.1) is 0 Å². The molecule has 0 aliphatic heterocycles. The summed E-state index contributed by atoms with van der Waals surface area (Å²) in [7, 11) is -3.87. The summed E-state index contributed by atoms with van der Waals surface area (Å²) < 4.78 is 28.4. The zero-order valence-corrected chi connectivity index (χ0v) is 24.0. The van der Waals surface area contributed by atoms with E-state index in [1.54, 1.807) is 60.8 Å². The fourth-order valence-electron chi connectivity index (χ4n) is 5.31. The molecule has 1 fully saturated rings. The highest BCUT2D eigenvalue weighted by Crippen LogP contribution is 2.36. The number of para-hydroxylation sites is 1. The molecule has 1 saturated carbocycles. The average Bonchev–Trinajstić information content (AvgIpc) is 3.39. The topological polar surface area (TPSA) is 145 Å². The minimum Gasteiger partial charge on any atom is -0.384 e. The van der Waals surface area contributed by atoms with Gasteiger partial charge in [0.2, 0.25) is 5.95 Å². The predicted molar refractivity (Wildman–Crippen MR) is 163 cm³/mol. The summed E-state index contributed by atoms with van der Waals surface area (Å²) in [6.45, 7) is 0. The van der Waals surface area contributed by atoms with Crippen molar-refractivity contribution in [1.29, 1.82) is 0 Å². The van der Waals surface area contributed by atoms with Crippen molar-refractivity contribution in [2.24, 2.45) is 0 Å². The third kappa shape index (κ3) is 5.53. The van der Waals surface area contributed by atoms with Gasteiger partial charge >= 0.3 is 0 Å². The van der Waals surface area contributed by atoms with Crippen molar-refractivity contribution in [3.8, 4) is 11.3 Å². The Morgan fingerprint density at radius 3 is 2.50 bits per heavy atom. The summed E-state index contributed by atoms with van der Waals surface area (Å²) in [5, 5.41) is 7.47. The number of carbonyl (C=O) groups excluding carboxylic acids is 1. The molecule has 1 aliphatic carbocycles. The molecule has 214 valence electrons. The molecule has 1 aliphatic rings. The van der Waals surface area contributed by atoms with E-state index in [9.17, 15) is 13.2 Å². The van der Waals surface area contributed by atoms with Crippen molar-refractivity contribution >= 4 is 50.2 Å². The number of nitrogens with one attached hydrogen (secondary N) is 2. The Morgan fingerprint density at radius 2 is 1.71 bits per heavy atom. The van der Waals surface area contributed by atoms with Crippen molar-refractivity contribution < 1.29 is 13.2 Å². The van der Waals surface area contributed by atoms with Crippen LogP contribution in [0.1, 0.15) is 36.0 Å². The Labute approximate surface area is 248 Å². The van der Waals surface area contributed by atoms with Crippen LogP contribution in [-0.2, 0) is 10.0 Å². The van der Waals surface area contributed by atoms with E-state index in [4.69, 9.17) is 22.3 Å². The third-order valence-corrected chi connectivity index (χ3v) is 9.33. The second-order valence-corrected chi connectivity index (χ2v) is 12.4. The number of amides is 1. The molecule has 2 aromatic carbocycles. The number of nitrogen functional groups attached to an aromatic ring is 1. The zero-order chi connectivity index (χ0) is 29.3.